The molecule has 0 rings (SSSR count). The summed E-state index contributed by atoms with van der Waals surface area (Å²) >= 11 is 0. The number of aliphatic hydroxyl groups excluding tert-OH is 1. The number of aliphatic hydroxyl groups is 1. The fourth-order valence-corrected chi connectivity index (χ4v) is 0.415. The number of ether oxygens (including phenoxy) is 1. The van der Waals surface area contributed by atoms with Crippen molar-refractivity contribution in [2.45, 2.75) is 20.1 Å². The Bertz CT molecular complexity index is 144. The number of hydrogen-bond acceptors (Lipinski definition) is 4. The molecule has 0 fully saturated rings. The molecule has 0 bridgehead atoms. The summed E-state index contributed by atoms with van der Waals surface area (Å²) < 4.78 is 4.58. The van der Waals surface area contributed by atoms with Gasteiger partial charge < -0.3 is 9.84 Å². The fraction of sp³-hybridized carbons (Fsp3) is 0.667. The SMILES string of the molecule is CCOC(O)C(=N)C(C)=O. The van der Waals surface area contributed by atoms with Crippen LogP contribution >= 0.6 is 0 Å². The third-order valence-corrected chi connectivity index (χ3v) is 0.951. The largest absolute Gasteiger partial charge is 0.363 e. The van der Waals surface area contributed by atoms with Gasteiger partial charge >= 0.3 is 0 Å². The van der Waals surface area contributed by atoms with Crippen LogP contribution in [-0.2, 0) is 9.53 Å². The summed E-state index contributed by atoms with van der Waals surface area (Å²) in [6.07, 6.45) is -1.36. The summed E-state index contributed by atoms with van der Waals surface area (Å²) in [7, 11) is 0. The van der Waals surface area contributed by atoms with E-state index in [0.717, 1.165) is 0 Å². The average molecular weight is 145 g/mol. The van der Waals surface area contributed by atoms with Crippen molar-refractivity contribution in [3.05, 3.63) is 0 Å². The molecular weight excluding hydrogens is 134 g/mol. The van der Waals surface area contributed by atoms with Crippen molar-refractivity contribution in [1.29, 1.82) is 5.41 Å². The first-order valence-electron chi connectivity index (χ1n) is 2.98. The number of ketones is 1. The van der Waals surface area contributed by atoms with E-state index in [1.54, 1.807) is 6.92 Å². The molecule has 0 radical (unpaired) electrons. The van der Waals surface area contributed by atoms with Crippen LogP contribution in [0.4, 0.5) is 0 Å². The van der Waals surface area contributed by atoms with E-state index in [0.29, 0.717) is 0 Å². The summed E-state index contributed by atoms with van der Waals surface area (Å²) in [4.78, 5) is 10.4. The topological polar surface area (TPSA) is 70.4 Å². The predicted molar refractivity (Wildman–Crippen MR) is 36.0 cm³/mol. The molecule has 0 saturated heterocycles. The average Bonchev–Trinajstić information content (AvgIpc) is 1.87. The summed E-state index contributed by atoms with van der Waals surface area (Å²) in [5.74, 6) is -0.471. The lowest BCUT2D eigenvalue weighted by Gasteiger charge is -2.07. The molecule has 4 nitrogen and oxygen atoms in total. The van der Waals surface area contributed by atoms with Crippen molar-refractivity contribution < 1.29 is 14.6 Å². The Morgan fingerprint density at radius 1 is 1.80 bits per heavy atom. The molecule has 1 unspecified atom stereocenters. The van der Waals surface area contributed by atoms with Crippen LogP contribution in [0.25, 0.3) is 0 Å². The summed E-state index contributed by atoms with van der Waals surface area (Å²) in [6, 6.07) is 0. The van der Waals surface area contributed by atoms with Gasteiger partial charge in [-0.2, -0.15) is 0 Å². The second-order valence-corrected chi connectivity index (χ2v) is 1.78. The van der Waals surface area contributed by atoms with Gasteiger partial charge in [0.1, 0.15) is 5.71 Å². The highest BCUT2D eigenvalue weighted by Gasteiger charge is 2.13. The Morgan fingerprint density at radius 2 is 2.30 bits per heavy atom. The van der Waals surface area contributed by atoms with Crippen LogP contribution < -0.4 is 0 Å². The lowest BCUT2D eigenvalue weighted by Crippen LogP contribution is -2.28. The quantitative estimate of drug-likeness (QED) is 0.430. The van der Waals surface area contributed by atoms with Gasteiger partial charge in [0.15, 0.2) is 5.78 Å². The minimum Gasteiger partial charge on any atom is -0.363 e. The van der Waals surface area contributed by atoms with Crippen LogP contribution in [0.15, 0.2) is 0 Å². The first-order chi connectivity index (χ1) is 4.59. The number of hydrogen-bond donors (Lipinski definition) is 2. The van der Waals surface area contributed by atoms with Crippen molar-refractivity contribution in [3.8, 4) is 0 Å². The normalized spacial score (nSPS) is 12.7. The maximum absolute atomic E-state index is 10.4. The lowest BCUT2D eigenvalue weighted by molar-refractivity contribution is -0.113. The lowest BCUT2D eigenvalue weighted by atomic mass is 10.3. The molecule has 58 valence electrons. The van der Waals surface area contributed by atoms with E-state index >= 15 is 0 Å². The van der Waals surface area contributed by atoms with Crippen molar-refractivity contribution in [2.24, 2.45) is 0 Å². The molecule has 0 aliphatic heterocycles. The monoisotopic (exact) mass is 145 g/mol. The number of rotatable bonds is 4. The molecule has 2 N–H and O–H groups in total. The van der Waals surface area contributed by atoms with E-state index in [-0.39, 0.29) is 6.61 Å². The Kier molecular flexibility index (Phi) is 3.83. The van der Waals surface area contributed by atoms with Crippen molar-refractivity contribution in [2.75, 3.05) is 6.61 Å². The van der Waals surface area contributed by atoms with Crippen molar-refractivity contribution in [3.63, 3.8) is 0 Å². The van der Waals surface area contributed by atoms with E-state index in [1.807, 2.05) is 0 Å². The van der Waals surface area contributed by atoms with E-state index in [9.17, 15) is 4.79 Å². The van der Waals surface area contributed by atoms with Gasteiger partial charge in [-0.1, -0.05) is 0 Å². The molecular formula is C6H11NO3. The third kappa shape index (κ3) is 2.70. The molecule has 0 aromatic rings. The molecule has 4 heteroatoms. The molecule has 0 amide bonds. The van der Waals surface area contributed by atoms with Gasteiger partial charge in [-0.25, -0.2) is 0 Å². The fourth-order valence-electron chi connectivity index (χ4n) is 0.415. The Hall–Kier alpha value is -0.740. The smallest absolute Gasteiger partial charge is 0.201 e. The van der Waals surface area contributed by atoms with Gasteiger partial charge in [0.05, 0.1) is 0 Å². The Balaban J connectivity index is 3.82. The highest BCUT2D eigenvalue weighted by Crippen LogP contribution is 1.90. The predicted octanol–water partition coefficient (Wildman–Crippen LogP) is -0.0499. The van der Waals surface area contributed by atoms with Gasteiger partial charge in [0.2, 0.25) is 6.29 Å². The van der Waals surface area contributed by atoms with Crippen molar-refractivity contribution in [1.82, 2.24) is 0 Å². The molecule has 0 heterocycles. The highest BCUT2D eigenvalue weighted by atomic mass is 16.6. The zero-order valence-corrected chi connectivity index (χ0v) is 6.05. The van der Waals surface area contributed by atoms with Crippen LogP contribution in [0.1, 0.15) is 13.8 Å². The number of nitrogens with one attached hydrogen (secondary N) is 1. The Morgan fingerprint density at radius 3 is 2.60 bits per heavy atom. The molecule has 0 aromatic heterocycles. The van der Waals surface area contributed by atoms with Gasteiger partial charge in [-0.3, -0.25) is 10.2 Å². The van der Waals surface area contributed by atoms with Crippen LogP contribution in [0.5, 0.6) is 0 Å². The van der Waals surface area contributed by atoms with Gasteiger partial charge in [0, 0.05) is 13.5 Å². The standard InChI is InChI=1S/C6H11NO3/c1-3-10-6(9)5(7)4(2)8/h6-7,9H,3H2,1-2H3. The van der Waals surface area contributed by atoms with Crippen molar-refractivity contribution >= 4 is 11.5 Å². The Labute approximate surface area is 59.3 Å². The van der Waals surface area contributed by atoms with Crippen LogP contribution in [0.2, 0.25) is 0 Å². The second-order valence-electron chi connectivity index (χ2n) is 1.78. The minimum absolute atomic E-state index is 0.289. The maximum atomic E-state index is 10.4. The summed E-state index contributed by atoms with van der Waals surface area (Å²) in [6.45, 7) is 3.18. The number of Topliss-reactive ketones (excluding diaryl/α,β-unsaturated/α-hetero) is 1. The minimum atomic E-state index is -1.36. The molecule has 0 aliphatic rings. The molecule has 10 heavy (non-hydrogen) atoms. The maximum Gasteiger partial charge on any atom is 0.201 e. The second kappa shape index (κ2) is 4.14. The summed E-state index contributed by atoms with van der Waals surface area (Å²) in [5.41, 5.74) is -0.401. The molecule has 0 aliphatic carbocycles. The number of carbonyl (C=O) groups is 1. The third-order valence-electron chi connectivity index (χ3n) is 0.951. The molecule has 0 spiro atoms. The van der Waals surface area contributed by atoms with E-state index < -0.39 is 17.8 Å². The first-order valence-corrected chi connectivity index (χ1v) is 2.98. The first kappa shape index (κ1) is 9.26. The molecule has 0 aromatic carbocycles. The van der Waals surface area contributed by atoms with Gasteiger partial charge in [0.25, 0.3) is 0 Å². The van der Waals surface area contributed by atoms with Crippen LogP contribution in [0, 0.1) is 5.41 Å². The van der Waals surface area contributed by atoms with E-state index in [4.69, 9.17) is 10.5 Å². The zero-order chi connectivity index (χ0) is 8.15. The zero-order valence-electron chi connectivity index (χ0n) is 6.05. The highest BCUT2D eigenvalue weighted by molar-refractivity contribution is 6.38. The van der Waals surface area contributed by atoms with E-state index in [2.05, 4.69) is 4.74 Å². The van der Waals surface area contributed by atoms with E-state index in [1.165, 1.54) is 6.92 Å². The van der Waals surface area contributed by atoms with Gasteiger partial charge in [-0.15, -0.1) is 0 Å². The molecule has 1 atom stereocenters. The molecule has 0 saturated carbocycles. The van der Waals surface area contributed by atoms with Gasteiger partial charge in [-0.05, 0) is 6.92 Å². The van der Waals surface area contributed by atoms with Crippen LogP contribution in [-0.4, -0.2) is 29.5 Å². The van der Waals surface area contributed by atoms with Crippen LogP contribution in [0.3, 0.4) is 0 Å². The summed E-state index contributed by atoms with van der Waals surface area (Å²) in [5, 5.41) is 15.7. The number of carbonyl (C=O) groups excluding carboxylic acids is 1.